The molecule has 0 unspecified atom stereocenters. The molecule has 2 rings (SSSR count). The molecule has 0 fully saturated rings. The third-order valence-electron chi connectivity index (χ3n) is 3.65. The van der Waals surface area contributed by atoms with Gasteiger partial charge in [-0.1, -0.05) is 12.1 Å². The Morgan fingerprint density at radius 1 is 1.30 bits per heavy atom. The second kappa shape index (κ2) is 7.13. The summed E-state index contributed by atoms with van der Waals surface area (Å²) in [6.45, 7) is 9.86. The number of hydrogen-bond donors (Lipinski definition) is 2. The standard InChI is InChI=1S/C18H23N3O2/c1-6-23-18(22)16-12(3)17(19-13(16)4)14(5)20-21-15-9-7-8-11(2)10-15/h7-10,19,21H,6H2,1-5H3/b20-14+. The Kier molecular flexibility index (Phi) is 5.21. The van der Waals surface area contributed by atoms with Crippen LogP contribution in [0.15, 0.2) is 29.4 Å². The molecular weight excluding hydrogens is 290 g/mol. The molecule has 0 amide bonds. The highest BCUT2D eigenvalue weighted by Gasteiger charge is 2.20. The molecule has 0 bridgehead atoms. The van der Waals surface area contributed by atoms with Crippen molar-refractivity contribution >= 4 is 17.4 Å². The van der Waals surface area contributed by atoms with Crippen molar-refractivity contribution in [3.8, 4) is 0 Å². The molecule has 1 aromatic carbocycles. The Labute approximate surface area is 136 Å². The predicted molar refractivity (Wildman–Crippen MR) is 93.2 cm³/mol. The van der Waals surface area contributed by atoms with Crippen LogP contribution in [0, 0.1) is 20.8 Å². The van der Waals surface area contributed by atoms with Crippen LogP contribution in [0.1, 0.15) is 46.7 Å². The predicted octanol–water partition coefficient (Wildman–Crippen LogP) is 3.95. The van der Waals surface area contributed by atoms with Crippen molar-refractivity contribution in [1.82, 2.24) is 4.98 Å². The molecule has 5 heteroatoms. The van der Waals surface area contributed by atoms with Crippen LogP contribution in [-0.2, 0) is 4.74 Å². The summed E-state index contributed by atoms with van der Waals surface area (Å²) in [5.74, 6) is -0.301. The quantitative estimate of drug-likeness (QED) is 0.499. The minimum absolute atomic E-state index is 0.301. The van der Waals surface area contributed by atoms with E-state index in [1.54, 1.807) is 6.92 Å². The molecule has 2 N–H and O–H groups in total. The van der Waals surface area contributed by atoms with Crippen LogP contribution in [0.2, 0.25) is 0 Å². The van der Waals surface area contributed by atoms with Gasteiger partial charge in [-0.15, -0.1) is 0 Å². The summed E-state index contributed by atoms with van der Waals surface area (Å²) < 4.78 is 5.11. The number of carbonyl (C=O) groups excluding carboxylic acids is 1. The maximum Gasteiger partial charge on any atom is 0.340 e. The van der Waals surface area contributed by atoms with Crippen molar-refractivity contribution in [3.63, 3.8) is 0 Å². The number of nitrogens with zero attached hydrogens (tertiary/aromatic N) is 1. The van der Waals surface area contributed by atoms with Crippen molar-refractivity contribution in [2.45, 2.75) is 34.6 Å². The number of nitrogens with one attached hydrogen (secondary N) is 2. The smallest absolute Gasteiger partial charge is 0.340 e. The van der Waals surface area contributed by atoms with Gasteiger partial charge in [0.1, 0.15) is 0 Å². The Hall–Kier alpha value is -2.56. The zero-order valence-electron chi connectivity index (χ0n) is 14.3. The van der Waals surface area contributed by atoms with Gasteiger partial charge in [-0.3, -0.25) is 5.43 Å². The van der Waals surface area contributed by atoms with Crippen molar-refractivity contribution in [2.75, 3.05) is 12.0 Å². The van der Waals surface area contributed by atoms with E-state index in [1.807, 2.05) is 52.0 Å². The Morgan fingerprint density at radius 2 is 2.04 bits per heavy atom. The van der Waals surface area contributed by atoms with E-state index in [1.165, 1.54) is 5.56 Å². The molecule has 0 saturated carbocycles. The fraction of sp³-hybridized carbons (Fsp3) is 0.333. The minimum atomic E-state index is -0.301. The summed E-state index contributed by atoms with van der Waals surface area (Å²) in [6.07, 6.45) is 0. The van der Waals surface area contributed by atoms with Crippen LogP contribution in [0.25, 0.3) is 0 Å². The topological polar surface area (TPSA) is 66.5 Å². The van der Waals surface area contributed by atoms with Gasteiger partial charge in [0.25, 0.3) is 0 Å². The molecule has 23 heavy (non-hydrogen) atoms. The van der Waals surface area contributed by atoms with Crippen LogP contribution in [-0.4, -0.2) is 23.3 Å². The number of anilines is 1. The van der Waals surface area contributed by atoms with E-state index in [-0.39, 0.29) is 5.97 Å². The Bertz CT molecular complexity index is 745. The maximum absolute atomic E-state index is 12.0. The number of hydrazone groups is 1. The molecule has 5 nitrogen and oxygen atoms in total. The highest BCUT2D eigenvalue weighted by Crippen LogP contribution is 2.20. The van der Waals surface area contributed by atoms with Gasteiger partial charge < -0.3 is 9.72 Å². The lowest BCUT2D eigenvalue weighted by atomic mass is 10.1. The van der Waals surface area contributed by atoms with Gasteiger partial charge >= 0.3 is 5.97 Å². The summed E-state index contributed by atoms with van der Waals surface area (Å²) >= 11 is 0. The summed E-state index contributed by atoms with van der Waals surface area (Å²) in [4.78, 5) is 15.3. The van der Waals surface area contributed by atoms with Gasteiger partial charge in [-0.05, 0) is 57.9 Å². The van der Waals surface area contributed by atoms with Crippen LogP contribution in [0.5, 0.6) is 0 Å². The molecule has 1 aromatic heterocycles. The van der Waals surface area contributed by atoms with Gasteiger partial charge in [0, 0.05) is 5.69 Å². The lowest BCUT2D eigenvalue weighted by molar-refractivity contribution is 0.0525. The number of H-pyrrole nitrogens is 1. The van der Waals surface area contributed by atoms with Gasteiger partial charge in [-0.2, -0.15) is 5.10 Å². The summed E-state index contributed by atoms with van der Waals surface area (Å²) in [5.41, 5.74) is 8.99. The summed E-state index contributed by atoms with van der Waals surface area (Å²) in [7, 11) is 0. The molecule has 0 radical (unpaired) electrons. The zero-order valence-corrected chi connectivity index (χ0v) is 14.3. The molecule has 0 saturated heterocycles. The molecule has 0 atom stereocenters. The molecule has 0 aliphatic heterocycles. The number of aryl methyl sites for hydroxylation is 2. The average molecular weight is 313 g/mol. The first-order chi connectivity index (χ1) is 10.9. The van der Waals surface area contributed by atoms with Crippen LogP contribution >= 0.6 is 0 Å². The first kappa shape index (κ1) is 16.8. The van der Waals surface area contributed by atoms with E-state index in [0.29, 0.717) is 12.2 Å². The van der Waals surface area contributed by atoms with Crippen molar-refractivity contribution in [1.29, 1.82) is 0 Å². The molecular formula is C18H23N3O2. The fourth-order valence-corrected chi connectivity index (χ4v) is 2.54. The van der Waals surface area contributed by atoms with Crippen LogP contribution in [0.3, 0.4) is 0 Å². The number of aromatic amines is 1. The molecule has 122 valence electrons. The second-order valence-corrected chi connectivity index (χ2v) is 5.52. The third-order valence-corrected chi connectivity index (χ3v) is 3.65. The van der Waals surface area contributed by atoms with Gasteiger partial charge in [0.2, 0.25) is 0 Å². The molecule has 2 aromatic rings. The number of rotatable bonds is 5. The highest BCUT2D eigenvalue weighted by molar-refractivity contribution is 6.03. The number of ether oxygens (including phenoxy) is 1. The second-order valence-electron chi connectivity index (χ2n) is 5.52. The Balaban J connectivity index is 2.25. The summed E-state index contributed by atoms with van der Waals surface area (Å²) in [6, 6.07) is 7.99. The fourth-order valence-electron chi connectivity index (χ4n) is 2.54. The number of esters is 1. The lowest BCUT2D eigenvalue weighted by Crippen LogP contribution is -2.07. The van der Waals surface area contributed by atoms with Crippen molar-refractivity contribution in [3.05, 3.63) is 52.3 Å². The minimum Gasteiger partial charge on any atom is -0.462 e. The monoisotopic (exact) mass is 313 g/mol. The number of hydrogen-bond acceptors (Lipinski definition) is 4. The van der Waals surface area contributed by atoms with Crippen LogP contribution < -0.4 is 5.43 Å². The largest absolute Gasteiger partial charge is 0.462 e. The highest BCUT2D eigenvalue weighted by atomic mass is 16.5. The third kappa shape index (κ3) is 3.80. The van der Waals surface area contributed by atoms with E-state index in [2.05, 4.69) is 15.5 Å². The van der Waals surface area contributed by atoms with Crippen LogP contribution in [0.4, 0.5) is 5.69 Å². The van der Waals surface area contributed by atoms with E-state index in [9.17, 15) is 4.79 Å². The SMILES string of the molecule is CCOC(=O)c1c(C)[nH]c(/C(C)=N/Nc2cccc(C)c2)c1C. The van der Waals surface area contributed by atoms with E-state index >= 15 is 0 Å². The number of carbonyl (C=O) groups is 1. The number of benzene rings is 1. The van der Waals surface area contributed by atoms with Gasteiger partial charge in [-0.25, -0.2) is 4.79 Å². The van der Waals surface area contributed by atoms with Crippen molar-refractivity contribution in [2.24, 2.45) is 5.10 Å². The molecule has 1 heterocycles. The van der Waals surface area contributed by atoms with E-state index < -0.39 is 0 Å². The van der Waals surface area contributed by atoms with Gasteiger partial charge in [0.05, 0.1) is 29.3 Å². The zero-order chi connectivity index (χ0) is 17.0. The number of aromatic nitrogens is 1. The van der Waals surface area contributed by atoms with Crippen molar-refractivity contribution < 1.29 is 9.53 Å². The molecule has 0 aliphatic carbocycles. The lowest BCUT2D eigenvalue weighted by Gasteiger charge is -2.05. The normalized spacial score (nSPS) is 11.4. The first-order valence-electron chi connectivity index (χ1n) is 7.67. The Morgan fingerprint density at radius 3 is 2.70 bits per heavy atom. The average Bonchev–Trinajstić information content (AvgIpc) is 2.80. The van der Waals surface area contributed by atoms with Gasteiger partial charge in [0.15, 0.2) is 0 Å². The van der Waals surface area contributed by atoms with E-state index in [0.717, 1.165) is 28.4 Å². The maximum atomic E-state index is 12.0. The van der Waals surface area contributed by atoms with E-state index in [4.69, 9.17) is 4.74 Å². The summed E-state index contributed by atoms with van der Waals surface area (Å²) in [5, 5.41) is 4.41. The molecule has 0 spiro atoms. The first-order valence-corrected chi connectivity index (χ1v) is 7.67. The molecule has 0 aliphatic rings.